The molecule has 0 bridgehead atoms. The first-order chi connectivity index (χ1) is 14.3. The minimum atomic E-state index is -0.840. The lowest BCUT2D eigenvalue weighted by Crippen LogP contribution is -2.65. The molecule has 0 N–H and O–H groups in total. The molecular weight excluding hydrogens is 386 g/mol. The van der Waals surface area contributed by atoms with Crippen LogP contribution in [0.4, 0.5) is 10.7 Å². The highest BCUT2D eigenvalue weighted by molar-refractivity contribution is 6.20. The van der Waals surface area contributed by atoms with E-state index in [1.807, 2.05) is 48.9 Å². The number of fused-ring (bicyclic) bond motifs is 3. The number of imidazole rings is 1. The van der Waals surface area contributed by atoms with E-state index in [1.54, 1.807) is 18.5 Å². The van der Waals surface area contributed by atoms with Crippen LogP contribution in [0.2, 0.25) is 0 Å². The van der Waals surface area contributed by atoms with Crippen LogP contribution in [0.1, 0.15) is 32.5 Å². The molecule has 1 saturated heterocycles. The van der Waals surface area contributed by atoms with Crippen LogP contribution in [-0.2, 0) is 9.59 Å². The summed E-state index contributed by atoms with van der Waals surface area (Å²) in [4.78, 5) is 44.9. The molecular formula is C21H24N5O4+. The van der Waals surface area contributed by atoms with Gasteiger partial charge in [0.1, 0.15) is 23.3 Å². The Morgan fingerprint density at radius 2 is 1.93 bits per heavy atom. The molecule has 0 saturated carbocycles. The van der Waals surface area contributed by atoms with Crippen molar-refractivity contribution in [3.63, 3.8) is 0 Å². The van der Waals surface area contributed by atoms with E-state index < -0.39 is 24.0 Å². The summed E-state index contributed by atoms with van der Waals surface area (Å²) in [6.45, 7) is 7.37. The second-order valence-electron chi connectivity index (χ2n) is 7.45. The van der Waals surface area contributed by atoms with Crippen LogP contribution in [0.3, 0.4) is 0 Å². The summed E-state index contributed by atoms with van der Waals surface area (Å²) >= 11 is 0. The molecule has 2 aromatic rings. The van der Waals surface area contributed by atoms with Crippen molar-refractivity contribution in [2.75, 3.05) is 13.7 Å². The Morgan fingerprint density at radius 3 is 2.53 bits per heavy atom. The summed E-state index contributed by atoms with van der Waals surface area (Å²) in [6, 6.07) is 5.42. The molecule has 9 nitrogen and oxygen atoms in total. The largest absolute Gasteiger partial charge is 0.494 e. The number of aryl methyl sites for hydroxylation is 1. The van der Waals surface area contributed by atoms with Crippen LogP contribution < -0.4 is 9.30 Å². The number of amidine groups is 1. The highest BCUT2D eigenvalue weighted by Crippen LogP contribution is 2.32. The second kappa shape index (κ2) is 7.08. The van der Waals surface area contributed by atoms with Gasteiger partial charge in [-0.3, -0.25) is 14.5 Å². The molecule has 2 aliphatic heterocycles. The zero-order chi connectivity index (χ0) is 21.7. The average molecular weight is 410 g/mol. The maximum atomic E-state index is 13.2. The summed E-state index contributed by atoms with van der Waals surface area (Å²) in [5, 5.41) is 0. The Bertz CT molecular complexity index is 1090. The first kappa shape index (κ1) is 19.8. The van der Waals surface area contributed by atoms with Crippen molar-refractivity contribution in [3.8, 4) is 11.4 Å². The van der Waals surface area contributed by atoms with Crippen molar-refractivity contribution in [1.82, 2.24) is 14.4 Å². The smallest absolute Gasteiger partial charge is 0.406 e. The molecule has 3 heterocycles. The molecule has 1 fully saturated rings. The Hall–Kier alpha value is -3.49. The number of ketones is 1. The van der Waals surface area contributed by atoms with Crippen molar-refractivity contribution in [2.24, 2.45) is 4.99 Å². The van der Waals surface area contributed by atoms with Gasteiger partial charge in [-0.25, -0.2) is 14.3 Å². The fraction of sp³-hybridized carbons (Fsp3) is 0.381. The maximum absolute atomic E-state index is 13.2. The standard InChI is InChI=1S/C21H24N5O4/c1-6-30-16-9-7-15(8-10-16)25-12(2)11-24-17-18(22-20(24)25)23(5)21(29)26(19(17)28)13(3)14(4)27/h7-11,13,17H,6H2,1-5H3/q+1. The molecule has 0 radical (unpaired) electrons. The van der Waals surface area contributed by atoms with Crippen LogP contribution in [0.15, 0.2) is 35.5 Å². The molecule has 9 heteroatoms. The number of rotatable bonds is 5. The third-order valence-corrected chi connectivity index (χ3v) is 5.54. The van der Waals surface area contributed by atoms with E-state index in [0.717, 1.165) is 22.0 Å². The van der Waals surface area contributed by atoms with Gasteiger partial charge >= 0.3 is 12.0 Å². The molecule has 1 aromatic heterocycles. The predicted molar refractivity (Wildman–Crippen MR) is 108 cm³/mol. The molecule has 156 valence electrons. The van der Waals surface area contributed by atoms with Crippen LogP contribution >= 0.6 is 0 Å². The van der Waals surface area contributed by atoms with Gasteiger partial charge in [-0.1, -0.05) is 4.99 Å². The first-order valence-electron chi connectivity index (χ1n) is 9.82. The van der Waals surface area contributed by atoms with Crippen LogP contribution in [0.25, 0.3) is 5.69 Å². The highest BCUT2D eigenvalue weighted by Gasteiger charge is 2.54. The summed E-state index contributed by atoms with van der Waals surface area (Å²) in [5.41, 5.74) is 1.75. The first-order valence-corrected chi connectivity index (χ1v) is 9.82. The van der Waals surface area contributed by atoms with E-state index in [2.05, 4.69) is 4.99 Å². The summed E-state index contributed by atoms with van der Waals surface area (Å²) in [7, 11) is 1.57. The number of carbonyl (C=O) groups is 3. The number of amides is 3. The quantitative estimate of drug-likeness (QED) is 0.705. The number of benzene rings is 1. The monoisotopic (exact) mass is 410 g/mol. The van der Waals surface area contributed by atoms with Gasteiger partial charge in [-0.2, -0.15) is 4.57 Å². The van der Waals surface area contributed by atoms with E-state index >= 15 is 0 Å². The number of imide groups is 1. The van der Waals surface area contributed by atoms with Gasteiger partial charge in [-0.05, 0) is 52.0 Å². The SMILES string of the molecule is CCOc1ccc(-n2c(C)c[n+]3c2N=C2C3C(=O)N(C(C)C(C)=O)C(=O)N2C)cc1. The maximum Gasteiger partial charge on any atom is 0.406 e. The zero-order valence-corrected chi connectivity index (χ0v) is 17.6. The van der Waals surface area contributed by atoms with Crippen molar-refractivity contribution < 1.29 is 23.7 Å². The molecule has 3 amide bonds. The van der Waals surface area contributed by atoms with Gasteiger partial charge in [0.15, 0.2) is 5.78 Å². The van der Waals surface area contributed by atoms with E-state index in [4.69, 9.17) is 4.74 Å². The van der Waals surface area contributed by atoms with Gasteiger partial charge < -0.3 is 4.74 Å². The molecule has 1 aromatic carbocycles. The van der Waals surface area contributed by atoms with Gasteiger partial charge in [-0.15, -0.1) is 0 Å². The van der Waals surface area contributed by atoms with Gasteiger partial charge in [0.25, 0.3) is 5.91 Å². The third-order valence-electron chi connectivity index (χ3n) is 5.54. The molecule has 0 aliphatic carbocycles. The van der Waals surface area contributed by atoms with Crippen LogP contribution in [0, 0.1) is 6.92 Å². The Labute approximate surface area is 174 Å². The number of ether oxygens (including phenoxy) is 1. The minimum absolute atomic E-state index is 0.253. The number of nitrogens with zero attached hydrogens (tertiary/aromatic N) is 5. The number of aliphatic imine (C=N–C) groups is 1. The van der Waals surface area contributed by atoms with E-state index in [0.29, 0.717) is 18.4 Å². The third kappa shape index (κ3) is 2.80. The zero-order valence-electron chi connectivity index (χ0n) is 17.6. The van der Waals surface area contributed by atoms with Crippen molar-refractivity contribution >= 4 is 29.5 Å². The number of hydrogen-bond donors (Lipinski definition) is 0. The number of urea groups is 1. The van der Waals surface area contributed by atoms with Gasteiger partial charge in [0.05, 0.1) is 12.6 Å². The summed E-state index contributed by atoms with van der Waals surface area (Å²) in [6.07, 6.45) is 1.84. The summed E-state index contributed by atoms with van der Waals surface area (Å²) in [5.74, 6) is 0.961. The predicted octanol–water partition coefficient (Wildman–Crippen LogP) is 1.93. The van der Waals surface area contributed by atoms with Crippen LogP contribution in [-0.4, -0.2) is 57.6 Å². The van der Waals surface area contributed by atoms with E-state index in [9.17, 15) is 14.4 Å². The lowest BCUT2D eigenvalue weighted by molar-refractivity contribution is -0.676. The second-order valence-corrected chi connectivity index (χ2v) is 7.45. The molecule has 0 spiro atoms. The molecule has 2 atom stereocenters. The minimum Gasteiger partial charge on any atom is -0.494 e. The lowest BCUT2D eigenvalue weighted by atomic mass is 10.1. The number of likely N-dealkylation sites (N-methyl/N-ethyl adjacent to an activating group) is 1. The average Bonchev–Trinajstić information content (AvgIpc) is 3.22. The lowest BCUT2D eigenvalue weighted by Gasteiger charge is -2.35. The number of carbonyl (C=O) groups excluding carboxylic acids is 3. The fourth-order valence-corrected chi connectivity index (χ4v) is 3.86. The summed E-state index contributed by atoms with van der Waals surface area (Å²) < 4.78 is 9.19. The molecule has 4 rings (SSSR count). The highest BCUT2D eigenvalue weighted by atomic mass is 16.5. The number of aromatic nitrogens is 2. The topological polar surface area (TPSA) is 88.1 Å². The van der Waals surface area contributed by atoms with Gasteiger partial charge in [0.2, 0.25) is 11.9 Å². The van der Waals surface area contributed by atoms with Gasteiger partial charge in [0, 0.05) is 7.05 Å². The van der Waals surface area contributed by atoms with Crippen molar-refractivity contribution in [2.45, 2.75) is 39.8 Å². The van der Waals surface area contributed by atoms with Crippen molar-refractivity contribution in [1.29, 1.82) is 0 Å². The van der Waals surface area contributed by atoms with E-state index in [1.165, 1.54) is 11.8 Å². The Kier molecular flexibility index (Phi) is 4.68. The fourth-order valence-electron chi connectivity index (χ4n) is 3.86. The molecule has 2 aliphatic rings. The number of hydrogen-bond acceptors (Lipinski definition) is 5. The molecule has 2 unspecified atom stereocenters. The number of Topliss-reactive ketones (excluding diaryl/α,β-unsaturated/α-hetero) is 1. The van der Waals surface area contributed by atoms with Crippen molar-refractivity contribution in [3.05, 3.63) is 36.2 Å². The van der Waals surface area contributed by atoms with E-state index in [-0.39, 0.29) is 5.78 Å². The Morgan fingerprint density at radius 1 is 1.27 bits per heavy atom. The Balaban J connectivity index is 1.79. The molecule has 30 heavy (non-hydrogen) atoms. The normalized spacial score (nSPS) is 18.8. The van der Waals surface area contributed by atoms with Crippen LogP contribution in [0.5, 0.6) is 5.75 Å².